The molecule has 3 rings (SSSR count). The van der Waals surface area contributed by atoms with Gasteiger partial charge in [-0.1, -0.05) is 18.2 Å². The van der Waals surface area contributed by atoms with Crippen molar-refractivity contribution in [1.82, 2.24) is 20.2 Å². The van der Waals surface area contributed by atoms with Gasteiger partial charge in [-0.3, -0.25) is 4.79 Å². The maximum Gasteiger partial charge on any atom is 0.226 e. The van der Waals surface area contributed by atoms with Crippen LogP contribution < -0.4 is 10.1 Å². The Bertz CT molecular complexity index is 658. The predicted octanol–water partition coefficient (Wildman–Crippen LogP) is 2.42. The van der Waals surface area contributed by atoms with E-state index in [4.69, 9.17) is 4.74 Å². The third kappa shape index (κ3) is 5.52. The normalized spacial score (nSPS) is 17.3. The van der Waals surface area contributed by atoms with Crippen LogP contribution in [0.1, 0.15) is 31.2 Å². The molecule has 1 fully saturated rings. The summed E-state index contributed by atoms with van der Waals surface area (Å²) >= 11 is 0. The third-order valence-corrected chi connectivity index (χ3v) is 4.60. The van der Waals surface area contributed by atoms with Crippen LogP contribution in [0.3, 0.4) is 0 Å². The Labute approximate surface area is 154 Å². The summed E-state index contributed by atoms with van der Waals surface area (Å²) in [5.41, 5.74) is 0.960. The lowest BCUT2D eigenvalue weighted by atomic mass is 10.1. The van der Waals surface area contributed by atoms with E-state index in [9.17, 15) is 4.79 Å². The fraction of sp³-hybridized carbons (Fsp3) is 0.450. The first kappa shape index (κ1) is 18.3. The molecule has 1 atom stereocenters. The van der Waals surface area contributed by atoms with E-state index in [-0.39, 0.29) is 11.9 Å². The maximum absolute atomic E-state index is 12.9. The number of carbonyl (C=O) groups is 1. The highest BCUT2D eigenvalue weighted by molar-refractivity contribution is 5.76. The number of nitrogens with one attached hydrogen (secondary N) is 1. The van der Waals surface area contributed by atoms with Gasteiger partial charge in [0.15, 0.2) is 0 Å². The highest BCUT2D eigenvalue weighted by atomic mass is 16.5. The Balaban J connectivity index is 1.62. The molecule has 1 aromatic carbocycles. The zero-order valence-electron chi connectivity index (χ0n) is 15.0. The summed E-state index contributed by atoms with van der Waals surface area (Å²) in [5.74, 6) is 0.915. The van der Waals surface area contributed by atoms with Crippen molar-refractivity contribution in [2.75, 3.05) is 19.7 Å². The van der Waals surface area contributed by atoms with Gasteiger partial charge in [0, 0.05) is 30.5 Å². The number of rotatable bonds is 7. The molecule has 0 aliphatic carbocycles. The van der Waals surface area contributed by atoms with Crippen LogP contribution in [0, 0.1) is 0 Å². The van der Waals surface area contributed by atoms with Crippen molar-refractivity contribution < 1.29 is 9.53 Å². The van der Waals surface area contributed by atoms with Crippen molar-refractivity contribution in [1.29, 1.82) is 0 Å². The summed E-state index contributed by atoms with van der Waals surface area (Å²) in [6, 6.07) is 9.85. The summed E-state index contributed by atoms with van der Waals surface area (Å²) < 4.78 is 5.70. The number of amides is 1. The lowest BCUT2D eigenvalue weighted by Crippen LogP contribution is -2.41. The van der Waals surface area contributed by atoms with E-state index in [2.05, 4.69) is 15.3 Å². The standard InChI is InChI=1S/C20H26N4O2/c25-20(9-12-26-19-6-2-1-3-7-19)24(15-17-13-22-16-23-14-17)18-5-4-10-21-11-8-18/h1-3,6-7,13-14,16,18,21H,4-5,8-12,15H2. The van der Waals surface area contributed by atoms with Gasteiger partial charge in [0.05, 0.1) is 13.0 Å². The van der Waals surface area contributed by atoms with Crippen LogP contribution in [-0.4, -0.2) is 46.5 Å². The minimum atomic E-state index is 0.122. The molecule has 2 heterocycles. The topological polar surface area (TPSA) is 67.3 Å². The first-order chi connectivity index (χ1) is 12.8. The van der Waals surface area contributed by atoms with Crippen LogP contribution in [0.25, 0.3) is 0 Å². The fourth-order valence-electron chi connectivity index (χ4n) is 3.26. The first-order valence-corrected chi connectivity index (χ1v) is 9.25. The van der Waals surface area contributed by atoms with Crippen molar-refractivity contribution in [2.24, 2.45) is 0 Å². The van der Waals surface area contributed by atoms with Gasteiger partial charge in [-0.2, -0.15) is 0 Å². The van der Waals surface area contributed by atoms with Crippen LogP contribution in [-0.2, 0) is 11.3 Å². The quantitative estimate of drug-likeness (QED) is 0.827. The Hall–Kier alpha value is -2.47. The Morgan fingerprint density at radius 3 is 2.77 bits per heavy atom. The average molecular weight is 354 g/mol. The molecule has 1 aliphatic heterocycles. The van der Waals surface area contributed by atoms with E-state index in [1.807, 2.05) is 35.2 Å². The minimum Gasteiger partial charge on any atom is -0.493 e. The molecule has 6 nitrogen and oxygen atoms in total. The second-order valence-corrected chi connectivity index (χ2v) is 6.51. The van der Waals surface area contributed by atoms with E-state index >= 15 is 0 Å². The Kier molecular flexibility index (Phi) is 6.96. The van der Waals surface area contributed by atoms with Crippen molar-refractivity contribution in [3.05, 3.63) is 54.6 Å². The smallest absolute Gasteiger partial charge is 0.226 e. The van der Waals surface area contributed by atoms with Crippen LogP contribution in [0.4, 0.5) is 0 Å². The Morgan fingerprint density at radius 1 is 1.15 bits per heavy atom. The lowest BCUT2D eigenvalue weighted by molar-refractivity contribution is -0.135. The number of benzene rings is 1. The van der Waals surface area contributed by atoms with Crippen molar-refractivity contribution in [3.63, 3.8) is 0 Å². The molecular formula is C20H26N4O2. The van der Waals surface area contributed by atoms with E-state index in [0.717, 1.165) is 43.7 Å². The molecular weight excluding hydrogens is 328 g/mol. The summed E-state index contributed by atoms with van der Waals surface area (Å²) in [6.07, 6.45) is 8.52. The number of ether oxygens (including phenoxy) is 1. The second-order valence-electron chi connectivity index (χ2n) is 6.51. The van der Waals surface area contributed by atoms with E-state index in [0.29, 0.717) is 19.6 Å². The van der Waals surface area contributed by atoms with Gasteiger partial charge in [-0.25, -0.2) is 9.97 Å². The fourth-order valence-corrected chi connectivity index (χ4v) is 3.26. The molecule has 6 heteroatoms. The summed E-state index contributed by atoms with van der Waals surface area (Å²) in [5, 5.41) is 3.41. The van der Waals surface area contributed by atoms with E-state index < -0.39 is 0 Å². The first-order valence-electron chi connectivity index (χ1n) is 9.25. The van der Waals surface area contributed by atoms with Gasteiger partial charge in [0.25, 0.3) is 0 Å². The van der Waals surface area contributed by atoms with Crippen LogP contribution in [0.5, 0.6) is 5.75 Å². The average Bonchev–Trinajstić information content (AvgIpc) is 2.97. The summed E-state index contributed by atoms with van der Waals surface area (Å²) in [4.78, 5) is 23.1. The zero-order valence-corrected chi connectivity index (χ0v) is 15.0. The maximum atomic E-state index is 12.9. The predicted molar refractivity (Wildman–Crippen MR) is 99.6 cm³/mol. The van der Waals surface area contributed by atoms with Crippen molar-refractivity contribution in [2.45, 2.75) is 38.3 Å². The van der Waals surface area contributed by atoms with Gasteiger partial charge < -0.3 is 15.0 Å². The Morgan fingerprint density at radius 2 is 1.96 bits per heavy atom. The molecule has 1 aliphatic rings. The molecule has 1 saturated heterocycles. The van der Waals surface area contributed by atoms with Gasteiger partial charge in [-0.05, 0) is 44.5 Å². The highest BCUT2D eigenvalue weighted by Gasteiger charge is 2.24. The molecule has 1 N–H and O–H groups in total. The summed E-state index contributed by atoms with van der Waals surface area (Å²) in [7, 11) is 0. The van der Waals surface area contributed by atoms with Crippen LogP contribution >= 0.6 is 0 Å². The molecule has 1 amide bonds. The molecule has 1 aromatic heterocycles. The molecule has 0 bridgehead atoms. The van der Waals surface area contributed by atoms with Crippen LogP contribution in [0.15, 0.2) is 49.1 Å². The molecule has 0 spiro atoms. The van der Waals surface area contributed by atoms with Gasteiger partial charge in [0.1, 0.15) is 12.1 Å². The van der Waals surface area contributed by atoms with Gasteiger partial charge in [0.2, 0.25) is 5.91 Å². The van der Waals surface area contributed by atoms with Crippen molar-refractivity contribution in [3.8, 4) is 5.75 Å². The van der Waals surface area contributed by atoms with Crippen molar-refractivity contribution >= 4 is 5.91 Å². The molecule has 2 aromatic rings. The molecule has 0 radical (unpaired) electrons. The monoisotopic (exact) mass is 354 g/mol. The number of aromatic nitrogens is 2. The number of hydrogen-bond acceptors (Lipinski definition) is 5. The van der Waals surface area contributed by atoms with Gasteiger partial charge in [-0.15, -0.1) is 0 Å². The van der Waals surface area contributed by atoms with Gasteiger partial charge >= 0.3 is 0 Å². The third-order valence-electron chi connectivity index (χ3n) is 4.60. The SMILES string of the molecule is O=C(CCOc1ccccc1)N(Cc1cncnc1)C1CCCNCC1. The molecule has 26 heavy (non-hydrogen) atoms. The number of nitrogens with zero attached hydrogens (tertiary/aromatic N) is 3. The molecule has 138 valence electrons. The lowest BCUT2D eigenvalue weighted by Gasteiger charge is -2.31. The number of carbonyl (C=O) groups excluding carboxylic acids is 1. The number of para-hydroxylation sites is 1. The minimum absolute atomic E-state index is 0.122. The number of hydrogen-bond donors (Lipinski definition) is 1. The largest absolute Gasteiger partial charge is 0.493 e. The van der Waals surface area contributed by atoms with E-state index in [1.54, 1.807) is 12.4 Å². The van der Waals surface area contributed by atoms with E-state index in [1.165, 1.54) is 6.33 Å². The molecule has 0 saturated carbocycles. The summed E-state index contributed by atoms with van der Waals surface area (Å²) in [6.45, 7) is 2.90. The highest BCUT2D eigenvalue weighted by Crippen LogP contribution is 2.18. The van der Waals surface area contributed by atoms with Crippen LogP contribution in [0.2, 0.25) is 0 Å². The molecule has 1 unspecified atom stereocenters. The second kappa shape index (κ2) is 9.87. The zero-order chi connectivity index (χ0) is 18.0.